The van der Waals surface area contributed by atoms with E-state index in [9.17, 15) is 9.59 Å². The first kappa shape index (κ1) is 19.8. The summed E-state index contributed by atoms with van der Waals surface area (Å²) in [7, 11) is 0. The highest BCUT2D eigenvalue weighted by atomic mass is 35.5. The van der Waals surface area contributed by atoms with Crippen LogP contribution in [0.1, 0.15) is 23.4 Å². The second-order valence-corrected chi connectivity index (χ2v) is 5.86. The average Bonchev–Trinajstić information content (AvgIpc) is 3.16. The van der Waals surface area contributed by atoms with E-state index in [0.29, 0.717) is 11.4 Å². The van der Waals surface area contributed by atoms with Crippen LogP contribution in [-0.2, 0) is 4.79 Å². The van der Waals surface area contributed by atoms with Crippen LogP contribution in [0.2, 0.25) is 0 Å². The van der Waals surface area contributed by atoms with Crippen LogP contribution in [-0.4, -0.2) is 37.6 Å². The zero-order chi connectivity index (χ0) is 17.5. The molecule has 0 aliphatic carbocycles. The molecule has 3 N–H and O–H groups in total. The molecule has 2 amide bonds. The van der Waals surface area contributed by atoms with Gasteiger partial charge in [-0.1, -0.05) is 6.07 Å². The van der Waals surface area contributed by atoms with Gasteiger partial charge in [-0.3, -0.25) is 9.59 Å². The number of amides is 2. The molecule has 26 heavy (non-hydrogen) atoms. The van der Waals surface area contributed by atoms with Gasteiger partial charge >= 0.3 is 0 Å². The van der Waals surface area contributed by atoms with Gasteiger partial charge in [-0.25, -0.2) is 0 Å². The van der Waals surface area contributed by atoms with Crippen molar-refractivity contribution in [1.82, 2.24) is 10.6 Å². The summed E-state index contributed by atoms with van der Waals surface area (Å²) >= 11 is 0. The number of carbonyl (C=O) groups excluding carboxylic acids is 2. The molecule has 2 heterocycles. The van der Waals surface area contributed by atoms with Crippen LogP contribution < -0.4 is 20.7 Å². The Morgan fingerprint density at radius 3 is 2.88 bits per heavy atom. The minimum absolute atomic E-state index is 0. The van der Waals surface area contributed by atoms with Gasteiger partial charge in [0, 0.05) is 24.3 Å². The maximum atomic E-state index is 12.0. The molecule has 0 radical (unpaired) electrons. The Morgan fingerprint density at radius 2 is 2.15 bits per heavy atom. The number of rotatable bonds is 6. The van der Waals surface area contributed by atoms with Crippen molar-refractivity contribution in [2.75, 3.05) is 25.0 Å². The molecule has 0 bridgehead atoms. The number of carbonyl (C=O) groups is 2. The molecule has 8 heteroatoms. The van der Waals surface area contributed by atoms with Crippen LogP contribution in [0, 0.1) is 0 Å². The molecule has 1 fully saturated rings. The molecule has 0 saturated carbocycles. The zero-order valence-corrected chi connectivity index (χ0v) is 15.0. The third-order valence-electron chi connectivity index (χ3n) is 3.87. The normalized spacial score (nSPS) is 16.2. The van der Waals surface area contributed by atoms with Gasteiger partial charge in [0.05, 0.1) is 6.26 Å². The lowest BCUT2D eigenvalue weighted by Crippen LogP contribution is -2.46. The standard InChI is InChI=1S/C18H21N3O4.ClH/c22-17(20-14-5-2-8-19-11-14)12-25-15-6-1-4-13(10-15)21-18(23)16-7-3-9-24-16;/h1,3-4,6-7,9-10,14,19H,2,5,8,11-12H2,(H,20,22)(H,21,23);1H. The molecule has 1 aromatic heterocycles. The summed E-state index contributed by atoms with van der Waals surface area (Å²) in [5, 5.41) is 8.91. The molecule has 3 rings (SSSR count). The summed E-state index contributed by atoms with van der Waals surface area (Å²) in [6, 6.07) is 10.3. The van der Waals surface area contributed by atoms with Crippen molar-refractivity contribution in [2.24, 2.45) is 0 Å². The Kier molecular flexibility index (Phi) is 7.50. The van der Waals surface area contributed by atoms with Gasteiger partial charge in [0.1, 0.15) is 5.75 Å². The van der Waals surface area contributed by atoms with Crippen LogP contribution in [0.4, 0.5) is 5.69 Å². The number of ether oxygens (including phenoxy) is 1. The molecule has 1 aromatic carbocycles. The fraction of sp³-hybridized carbons (Fsp3) is 0.333. The highest BCUT2D eigenvalue weighted by Gasteiger charge is 2.15. The smallest absolute Gasteiger partial charge is 0.291 e. The SMILES string of the molecule is Cl.O=C(COc1cccc(NC(=O)c2ccco2)c1)NC1CCCNC1. The van der Waals surface area contributed by atoms with Gasteiger partial charge in [-0.15, -0.1) is 12.4 Å². The highest BCUT2D eigenvalue weighted by molar-refractivity contribution is 6.02. The summed E-state index contributed by atoms with van der Waals surface area (Å²) in [5.41, 5.74) is 0.566. The Bertz CT molecular complexity index is 715. The first-order chi connectivity index (χ1) is 12.2. The number of furan rings is 1. The van der Waals surface area contributed by atoms with Gasteiger partial charge in [0.2, 0.25) is 0 Å². The molecule has 1 atom stereocenters. The van der Waals surface area contributed by atoms with E-state index in [-0.39, 0.29) is 42.6 Å². The minimum atomic E-state index is -0.343. The van der Waals surface area contributed by atoms with Gasteiger partial charge in [-0.2, -0.15) is 0 Å². The number of hydrogen-bond donors (Lipinski definition) is 3. The summed E-state index contributed by atoms with van der Waals surface area (Å²) in [6.45, 7) is 1.73. The lowest BCUT2D eigenvalue weighted by atomic mass is 10.1. The van der Waals surface area contributed by atoms with E-state index in [1.54, 1.807) is 36.4 Å². The van der Waals surface area contributed by atoms with E-state index in [0.717, 1.165) is 25.9 Å². The molecule has 1 saturated heterocycles. The highest BCUT2D eigenvalue weighted by Crippen LogP contribution is 2.18. The van der Waals surface area contributed by atoms with E-state index in [1.807, 2.05) is 0 Å². The molecule has 140 valence electrons. The van der Waals surface area contributed by atoms with Gasteiger partial charge < -0.3 is 25.1 Å². The molecule has 7 nitrogen and oxygen atoms in total. The monoisotopic (exact) mass is 379 g/mol. The average molecular weight is 380 g/mol. The Labute approximate surface area is 157 Å². The van der Waals surface area contributed by atoms with E-state index in [1.165, 1.54) is 6.26 Å². The zero-order valence-electron chi connectivity index (χ0n) is 14.2. The molecule has 2 aromatic rings. The van der Waals surface area contributed by atoms with Gasteiger partial charge in [0.25, 0.3) is 11.8 Å². The number of piperidine rings is 1. The summed E-state index contributed by atoms with van der Waals surface area (Å²) in [5.74, 6) is 0.240. The molecule has 1 unspecified atom stereocenters. The molecular weight excluding hydrogens is 358 g/mol. The van der Waals surface area contributed by atoms with Crippen molar-refractivity contribution < 1.29 is 18.7 Å². The van der Waals surface area contributed by atoms with Crippen molar-refractivity contribution in [3.8, 4) is 5.75 Å². The number of benzene rings is 1. The third-order valence-corrected chi connectivity index (χ3v) is 3.87. The lowest BCUT2D eigenvalue weighted by Gasteiger charge is -2.23. The Hall–Kier alpha value is -2.51. The topological polar surface area (TPSA) is 92.6 Å². The van der Waals surface area contributed by atoms with Crippen LogP contribution in [0.15, 0.2) is 47.1 Å². The quantitative estimate of drug-likeness (QED) is 0.715. The lowest BCUT2D eigenvalue weighted by molar-refractivity contribution is -0.123. The van der Waals surface area contributed by atoms with E-state index >= 15 is 0 Å². The number of nitrogens with one attached hydrogen (secondary N) is 3. The molecule has 1 aliphatic heterocycles. The fourth-order valence-electron chi connectivity index (χ4n) is 2.66. The Balaban J connectivity index is 0.00000243. The van der Waals surface area contributed by atoms with Crippen LogP contribution >= 0.6 is 12.4 Å². The van der Waals surface area contributed by atoms with E-state index < -0.39 is 0 Å². The van der Waals surface area contributed by atoms with Crippen molar-refractivity contribution in [2.45, 2.75) is 18.9 Å². The summed E-state index contributed by atoms with van der Waals surface area (Å²) < 4.78 is 10.6. The van der Waals surface area contributed by atoms with E-state index in [4.69, 9.17) is 9.15 Å². The van der Waals surface area contributed by atoms with Gasteiger partial charge in [-0.05, 0) is 43.7 Å². The van der Waals surface area contributed by atoms with Crippen molar-refractivity contribution in [1.29, 1.82) is 0 Å². The number of anilines is 1. The largest absolute Gasteiger partial charge is 0.484 e. The second-order valence-electron chi connectivity index (χ2n) is 5.86. The van der Waals surface area contributed by atoms with Crippen LogP contribution in [0.25, 0.3) is 0 Å². The predicted molar refractivity (Wildman–Crippen MR) is 99.9 cm³/mol. The predicted octanol–water partition coefficient (Wildman–Crippen LogP) is 2.20. The van der Waals surface area contributed by atoms with Crippen molar-refractivity contribution in [3.05, 3.63) is 48.4 Å². The minimum Gasteiger partial charge on any atom is -0.484 e. The van der Waals surface area contributed by atoms with E-state index in [2.05, 4.69) is 16.0 Å². The summed E-state index contributed by atoms with van der Waals surface area (Å²) in [4.78, 5) is 23.9. The van der Waals surface area contributed by atoms with Crippen LogP contribution in [0.3, 0.4) is 0 Å². The molecule has 0 spiro atoms. The van der Waals surface area contributed by atoms with Crippen LogP contribution in [0.5, 0.6) is 5.75 Å². The fourth-order valence-corrected chi connectivity index (χ4v) is 2.66. The third kappa shape index (κ3) is 5.79. The molecular formula is C18H22ClN3O4. The maximum absolute atomic E-state index is 12.0. The summed E-state index contributed by atoms with van der Waals surface area (Å²) in [6.07, 6.45) is 3.48. The van der Waals surface area contributed by atoms with Crippen molar-refractivity contribution >= 4 is 29.9 Å². The van der Waals surface area contributed by atoms with Gasteiger partial charge in [0.15, 0.2) is 12.4 Å². The van der Waals surface area contributed by atoms with Crippen molar-refractivity contribution in [3.63, 3.8) is 0 Å². The first-order valence-corrected chi connectivity index (χ1v) is 8.28. The number of hydrogen-bond acceptors (Lipinski definition) is 5. The number of halogens is 1. The maximum Gasteiger partial charge on any atom is 0.291 e. The first-order valence-electron chi connectivity index (χ1n) is 8.28. The molecule has 1 aliphatic rings. The Morgan fingerprint density at radius 1 is 1.27 bits per heavy atom. The second kappa shape index (κ2) is 9.84.